The highest BCUT2D eigenvalue weighted by Gasteiger charge is 2.03. The SMILES string of the molecule is CCCNC(=O)Cn1nccc1C. The van der Waals surface area contributed by atoms with Crippen LogP contribution in [-0.4, -0.2) is 22.2 Å². The molecule has 0 aliphatic carbocycles. The minimum Gasteiger partial charge on any atom is -0.355 e. The molecule has 1 amide bonds. The van der Waals surface area contributed by atoms with E-state index < -0.39 is 0 Å². The summed E-state index contributed by atoms with van der Waals surface area (Å²) in [5, 5.41) is 6.82. The number of aryl methyl sites for hydroxylation is 1. The zero-order valence-electron chi connectivity index (χ0n) is 8.08. The predicted octanol–water partition coefficient (Wildman–Crippen LogP) is 0.718. The van der Waals surface area contributed by atoms with Crippen LogP contribution >= 0.6 is 0 Å². The summed E-state index contributed by atoms with van der Waals surface area (Å²) in [6, 6.07) is 1.88. The largest absolute Gasteiger partial charge is 0.355 e. The quantitative estimate of drug-likeness (QED) is 0.744. The van der Waals surface area contributed by atoms with Crippen molar-refractivity contribution < 1.29 is 4.79 Å². The second-order valence-electron chi connectivity index (χ2n) is 2.98. The molecule has 0 aliphatic heterocycles. The Morgan fingerprint density at radius 1 is 1.69 bits per heavy atom. The maximum atomic E-state index is 11.2. The van der Waals surface area contributed by atoms with Crippen molar-refractivity contribution in [2.75, 3.05) is 6.54 Å². The highest BCUT2D eigenvalue weighted by molar-refractivity contribution is 5.75. The van der Waals surface area contributed by atoms with Crippen molar-refractivity contribution in [2.45, 2.75) is 26.8 Å². The minimum atomic E-state index is 0.0219. The molecule has 72 valence electrons. The third-order valence-corrected chi connectivity index (χ3v) is 1.79. The van der Waals surface area contributed by atoms with Crippen LogP contribution in [0.3, 0.4) is 0 Å². The van der Waals surface area contributed by atoms with Gasteiger partial charge in [0.25, 0.3) is 0 Å². The predicted molar refractivity (Wildman–Crippen MR) is 50.3 cm³/mol. The summed E-state index contributed by atoms with van der Waals surface area (Å²) < 4.78 is 1.69. The maximum Gasteiger partial charge on any atom is 0.241 e. The Hall–Kier alpha value is -1.32. The smallest absolute Gasteiger partial charge is 0.241 e. The van der Waals surface area contributed by atoms with Gasteiger partial charge in [-0.25, -0.2) is 0 Å². The monoisotopic (exact) mass is 181 g/mol. The number of hydrogen-bond donors (Lipinski definition) is 1. The molecular weight excluding hydrogens is 166 g/mol. The molecule has 1 aromatic heterocycles. The molecule has 0 saturated carbocycles. The molecule has 0 unspecified atom stereocenters. The van der Waals surface area contributed by atoms with Crippen molar-refractivity contribution in [3.8, 4) is 0 Å². The van der Waals surface area contributed by atoms with Gasteiger partial charge in [-0.05, 0) is 19.4 Å². The first kappa shape index (κ1) is 9.77. The van der Waals surface area contributed by atoms with Crippen molar-refractivity contribution in [1.82, 2.24) is 15.1 Å². The number of hydrogen-bond acceptors (Lipinski definition) is 2. The topological polar surface area (TPSA) is 46.9 Å². The zero-order valence-corrected chi connectivity index (χ0v) is 8.08. The molecule has 4 nitrogen and oxygen atoms in total. The maximum absolute atomic E-state index is 11.2. The van der Waals surface area contributed by atoms with Gasteiger partial charge in [0.15, 0.2) is 0 Å². The fraction of sp³-hybridized carbons (Fsp3) is 0.556. The Bertz CT molecular complexity index is 280. The van der Waals surface area contributed by atoms with Gasteiger partial charge in [-0.3, -0.25) is 9.48 Å². The van der Waals surface area contributed by atoms with Gasteiger partial charge < -0.3 is 5.32 Å². The third-order valence-electron chi connectivity index (χ3n) is 1.79. The summed E-state index contributed by atoms with van der Waals surface area (Å²) in [5.74, 6) is 0.0219. The van der Waals surface area contributed by atoms with E-state index in [-0.39, 0.29) is 5.91 Å². The normalized spacial score (nSPS) is 10.0. The van der Waals surface area contributed by atoms with Gasteiger partial charge in [0.2, 0.25) is 5.91 Å². The van der Waals surface area contributed by atoms with Gasteiger partial charge in [-0.1, -0.05) is 6.92 Å². The lowest BCUT2D eigenvalue weighted by Gasteiger charge is -2.04. The van der Waals surface area contributed by atoms with Crippen LogP contribution in [0.25, 0.3) is 0 Å². The molecule has 0 aliphatic rings. The highest BCUT2D eigenvalue weighted by atomic mass is 16.2. The fourth-order valence-corrected chi connectivity index (χ4v) is 1.02. The van der Waals surface area contributed by atoms with Gasteiger partial charge in [-0.15, -0.1) is 0 Å². The molecule has 0 fully saturated rings. The minimum absolute atomic E-state index is 0.0219. The summed E-state index contributed by atoms with van der Waals surface area (Å²) in [7, 11) is 0. The number of amides is 1. The lowest BCUT2D eigenvalue weighted by atomic mass is 10.4. The summed E-state index contributed by atoms with van der Waals surface area (Å²) in [5.41, 5.74) is 1.01. The summed E-state index contributed by atoms with van der Waals surface area (Å²) >= 11 is 0. The number of carbonyl (C=O) groups excluding carboxylic acids is 1. The van der Waals surface area contributed by atoms with E-state index in [0.29, 0.717) is 6.54 Å². The van der Waals surface area contributed by atoms with Crippen LogP contribution in [0.15, 0.2) is 12.3 Å². The number of nitrogens with zero attached hydrogens (tertiary/aromatic N) is 2. The number of rotatable bonds is 4. The van der Waals surface area contributed by atoms with E-state index in [1.165, 1.54) is 0 Å². The molecule has 0 bridgehead atoms. The van der Waals surface area contributed by atoms with E-state index in [4.69, 9.17) is 0 Å². The van der Waals surface area contributed by atoms with Gasteiger partial charge in [0.05, 0.1) is 0 Å². The van der Waals surface area contributed by atoms with E-state index in [0.717, 1.165) is 18.7 Å². The Kier molecular flexibility index (Phi) is 3.49. The van der Waals surface area contributed by atoms with Crippen molar-refractivity contribution in [2.24, 2.45) is 0 Å². The van der Waals surface area contributed by atoms with Crippen LogP contribution in [0, 0.1) is 6.92 Å². The molecule has 0 saturated heterocycles. The molecule has 1 N–H and O–H groups in total. The van der Waals surface area contributed by atoms with E-state index in [2.05, 4.69) is 10.4 Å². The zero-order chi connectivity index (χ0) is 9.68. The Morgan fingerprint density at radius 3 is 3.00 bits per heavy atom. The number of nitrogens with one attached hydrogen (secondary N) is 1. The third kappa shape index (κ3) is 2.89. The lowest BCUT2D eigenvalue weighted by molar-refractivity contribution is -0.121. The van der Waals surface area contributed by atoms with Gasteiger partial charge in [0, 0.05) is 18.4 Å². The summed E-state index contributed by atoms with van der Waals surface area (Å²) in [6.07, 6.45) is 2.66. The first-order valence-electron chi connectivity index (χ1n) is 4.49. The van der Waals surface area contributed by atoms with E-state index >= 15 is 0 Å². The van der Waals surface area contributed by atoms with Crippen LogP contribution in [-0.2, 0) is 11.3 Å². The van der Waals surface area contributed by atoms with Crippen molar-refractivity contribution >= 4 is 5.91 Å². The Morgan fingerprint density at radius 2 is 2.46 bits per heavy atom. The molecule has 4 heteroatoms. The van der Waals surface area contributed by atoms with Crippen LogP contribution in [0.1, 0.15) is 19.0 Å². The Balaban J connectivity index is 2.41. The molecule has 1 heterocycles. The average Bonchev–Trinajstić information content (AvgIpc) is 2.48. The first-order chi connectivity index (χ1) is 6.24. The lowest BCUT2D eigenvalue weighted by Crippen LogP contribution is -2.28. The average molecular weight is 181 g/mol. The summed E-state index contributed by atoms with van der Waals surface area (Å²) in [6.45, 7) is 5.01. The molecule has 0 atom stereocenters. The Labute approximate surface area is 77.9 Å². The molecule has 0 spiro atoms. The van der Waals surface area contributed by atoms with Crippen LogP contribution in [0.2, 0.25) is 0 Å². The highest BCUT2D eigenvalue weighted by Crippen LogP contribution is 1.94. The van der Waals surface area contributed by atoms with Crippen molar-refractivity contribution in [1.29, 1.82) is 0 Å². The fourth-order valence-electron chi connectivity index (χ4n) is 1.02. The van der Waals surface area contributed by atoms with E-state index in [1.54, 1.807) is 10.9 Å². The van der Waals surface area contributed by atoms with Crippen LogP contribution in [0.4, 0.5) is 0 Å². The van der Waals surface area contributed by atoms with Crippen molar-refractivity contribution in [3.05, 3.63) is 18.0 Å². The van der Waals surface area contributed by atoms with Gasteiger partial charge in [-0.2, -0.15) is 5.10 Å². The number of aromatic nitrogens is 2. The molecule has 1 rings (SSSR count). The molecular formula is C9H15N3O. The molecule has 0 aromatic carbocycles. The van der Waals surface area contributed by atoms with E-state index in [9.17, 15) is 4.79 Å². The van der Waals surface area contributed by atoms with Crippen molar-refractivity contribution in [3.63, 3.8) is 0 Å². The van der Waals surface area contributed by atoms with E-state index in [1.807, 2.05) is 19.9 Å². The molecule has 1 aromatic rings. The molecule has 13 heavy (non-hydrogen) atoms. The van der Waals surface area contributed by atoms with Gasteiger partial charge >= 0.3 is 0 Å². The second kappa shape index (κ2) is 4.64. The second-order valence-corrected chi connectivity index (χ2v) is 2.98. The van der Waals surface area contributed by atoms with Crippen LogP contribution in [0.5, 0.6) is 0 Å². The van der Waals surface area contributed by atoms with Crippen LogP contribution < -0.4 is 5.32 Å². The first-order valence-corrected chi connectivity index (χ1v) is 4.49. The van der Waals surface area contributed by atoms with Gasteiger partial charge in [0.1, 0.15) is 6.54 Å². The molecule has 0 radical (unpaired) electrons. The number of carbonyl (C=O) groups is 1. The summed E-state index contributed by atoms with van der Waals surface area (Å²) in [4.78, 5) is 11.2. The standard InChI is InChI=1S/C9H15N3O/c1-3-5-10-9(13)7-12-8(2)4-6-11-12/h4,6H,3,5,7H2,1-2H3,(H,10,13).